The van der Waals surface area contributed by atoms with Crippen LogP contribution in [0.15, 0.2) is 42.5 Å². The fourth-order valence-corrected chi connectivity index (χ4v) is 1.68. The van der Waals surface area contributed by atoms with Crippen molar-refractivity contribution in [1.82, 2.24) is 10.9 Å². The summed E-state index contributed by atoms with van der Waals surface area (Å²) in [6.45, 7) is -0.405. The van der Waals surface area contributed by atoms with Gasteiger partial charge in [-0.2, -0.15) is 5.26 Å². The monoisotopic (exact) mass is 331 g/mol. The van der Waals surface area contributed by atoms with Crippen LogP contribution in [0.25, 0.3) is 0 Å². The van der Waals surface area contributed by atoms with Gasteiger partial charge in [0.15, 0.2) is 6.61 Å². The summed E-state index contributed by atoms with van der Waals surface area (Å²) < 4.78 is 31.3. The van der Waals surface area contributed by atoms with Gasteiger partial charge in [-0.25, -0.2) is 8.78 Å². The Morgan fingerprint density at radius 1 is 1.08 bits per heavy atom. The Hall–Kier alpha value is -3.47. The maximum Gasteiger partial charge on any atom is 0.276 e. The van der Waals surface area contributed by atoms with Gasteiger partial charge in [0.05, 0.1) is 17.2 Å². The third kappa shape index (κ3) is 4.51. The zero-order chi connectivity index (χ0) is 17.5. The predicted octanol–water partition coefficient (Wildman–Crippen LogP) is 1.68. The Balaban J connectivity index is 1.82. The number of rotatable bonds is 4. The number of nitrogens with one attached hydrogen (secondary N) is 2. The highest BCUT2D eigenvalue weighted by molar-refractivity contribution is 5.95. The molecule has 0 atom stereocenters. The molecule has 0 aliphatic heterocycles. The van der Waals surface area contributed by atoms with Crippen molar-refractivity contribution in [3.63, 3.8) is 0 Å². The van der Waals surface area contributed by atoms with Gasteiger partial charge in [-0.15, -0.1) is 0 Å². The first kappa shape index (κ1) is 16.9. The van der Waals surface area contributed by atoms with Crippen LogP contribution in [0.2, 0.25) is 0 Å². The van der Waals surface area contributed by atoms with Crippen LogP contribution in [0.1, 0.15) is 15.9 Å². The minimum absolute atomic E-state index is 0.361. The molecule has 6 nitrogen and oxygen atoms in total. The minimum atomic E-state index is -1.05. The molecular formula is C16H11F2N3O3. The number of halogens is 2. The number of carbonyl (C=O) groups is 2. The molecule has 0 heterocycles. The Morgan fingerprint density at radius 3 is 2.42 bits per heavy atom. The van der Waals surface area contributed by atoms with Crippen LogP contribution in [0.4, 0.5) is 8.78 Å². The van der Waals surface area contributed by atoms with E-state index < -0.39 is 35.6 Å². The van der Waals surface area contributed by atoms with Gasteiger partial charge in [0.2, 0.25) is 0 Å². The Bertz CT molecular complexity index is 801. The van der Waals surface area contributed by atoms with Gasteiger partial charge in [0.1, 0.15) is 17.4 Å². The zero-order valence-electron chi connectivity index (χ0n) is 12.2. The third-order valence-corrected chi connectivity index (χ3v) is 2.84. The second-order valence-electron chi connectivity index (χ2n) is 4.55. The predicted molar refractivity (Wildman–Crippen MR) is 78.6 cm³/mol. The summed E-state index contributed by atoms with van der Waals surface area (Å²) in [4.78, 5) is 23.2. The summed E-state index contributed by atoms with van der Waals surface area (Å²) >= 11 is 0. The number of nitriles is 1. The molecule has 0 aliphatic rings. The van der Waals surface area contributed by atoms with Crippen molar-refractivity contribution in [2.75, 3.05) is 6.61 Å². The highest BCUT2D eigenvalue weighted by atomic mass is 19.1. The molecule has 2 aromatic rings. The number of nitrogens with zero attached hydrogens (tertiary/aromatic N) is 1. The molecule has 0 aromatic heterocycles. The summed E-state index contributed by atoms with van der Waals surface area (Å²) in [5.41, 5.74) is 4.06. The van der Waals surface area contributed by atoms with Crippen molar-refractivity contribution in [3.05, 3.63) is 65.2 Å². The molecule has 0 saturated carbocycles. The molecule has 0 unspecified atom stereocenters. The molecule has 0 bridgehead atoms. The number of hydrazine groups is 1. The summed E-state index contributed by atoms with van der Waals surface area (Å²) in [7, 11) is 0. The first-order valence-electron chi connectivity index (χ1n) is 6.67. The molecule has 0 radical (unpaired) electrons. The minimum Gasteiger partial charge on any atom is -0.484 e. The van der Waals surface area contributed by atoms with E-state index in [1.165, 1.54) is 24.3 Å². The van der Waals surface area contributed by atoms with Crippen molar-refractivity contribution in [2.45, 2.75) is 0 Å². The SMILES string of the molecule is N#Cc1ccc(OCC(=O)NNC(=O)c2ccc(F)cc2F)cc1. The lowest BCUT2D eigenvalue weighted by Crippen LogP contribution is -2.44. The zero-order valence-corrected chi connectivity index (χ0v) is 12.2. The molecular weight excluding hydrogens is 320 g/mol. The number of ether oxygens (including phenoxy) is 1. The van der Waals surface area contributed by atoms with Crippen molar-refractivity contribution in [1.29, 1.82) is 5.26 Å². The van der Waals surface area contributed by atoms with Crippen LogP contribution >= 0.6 is 0 Å². The van der Waals surface area contributed by atoms with Crippen molar-refractivity contribution < 1.29 is 23.1 Å². The van der Waals surface area contributed by atoms with Crippen molar-refractivity contribution in [3.8, 4) is 11.8 Å². The maximum absolute atomic E-state index is 13.4. The molecule has 2 amide bonds. The number of carbonyl (C=O) groups excluding carboxylic acids is 2. The second-order valence-corrected chi connectivity index (χ2v) is 4.55. The van der Waals surface area contributed by atoms with E-state index in [1.807, 2.05) is 16.9 Å². The topological polar surface area (TPSA) is 91.2 Å². The lowest BCUT2D eigenvalue weighted by atomic mass is 10.2. The quantitative estimate of drug-likeness (QED) is 0.834. The van der Waals surface area contributed by atoms with Crippen LogP contribution in [0.3, 0.4) is 0 Å². The molecule has 0 saturated heterocycles. The average Bonchev–Trinajstić information content (AvgIpc) is 2.58. The fourth-order valence-electron chi connectivity index (χ4n) is 1.68. The van der Waals surface area contributed by atoms with Gasteiger partial charge in [-0.3, -0.25) is 20.4 Å². The summed E-state index contributed by atoms with van der Waals surface area (Å²) in [6.07, 6.45) is 0. The van der Waals surface area contributed by atoms with E-state index in [2.05, 4.69) is 0 Å². The van der Waals surface area contributed by atoms with E-state index in [0.717, 1.165) is 12.1 Å². The molecule has 24 heavy (non-hydrogen) atoms. The van der Waals surface area contributed by atoms with E-state index in [0.29, 0.717) is 17.4 Å². The average molecular weight is 331 g/mol. The summed E-state index contributed by atoms with van der Waals surface area (Å²) in [5, 5.41) is 8.65. The van der Waals surface area contributed by atoms with E-state index in [-0.39, 0.29) is 0 Å². The molecule has 122 valence electrons. The normalized spacial score (nSPS) is 9.71. The Morgan fingerprint density at radius 2 is 1.79 bits per heavy atom. The van der Waals surface area contributed by atoms with Crippen molar-refractivity contribution in [2.24, 2.45) is 0 Å². The van der Waals surface area contributed by atoms with Gasteiger partial charge in [0, 0.05) is 6.07 Å². The highest BCUT2D eigenvalue weighted by Gasteiger charge is 2.13. The standard InChI is InChI=1S/C16H11F2N3O3/c17-11-3-6-13(14(18)7-11)16(23)21-20-15(22)9-24-12-4-1-10(8-19)2-5-12/h1-7H,9H2,(H,20,22)(H,21,23). The Labute approximate surface area is 135 Å². The van der Waals surface area contributed by atoms with Crippen LogP contribution in [-0.2, 0) is 4.79 Å². The molecule has 2 rings (SSSR count). The van der Waals surface area contributed by atoms with E-state index in [1.54, 1.807) is 0 Å². The number of hydrogen-bond donors (Lipinski definition) is 2. The highest BCUT2D eigenvalue weighted by Crippen LogP contribution is 2.11. The maximum atomic E-state index is 13.4. The van der Waals surface area contributed by atoms with Crippen LogP contribution < -0.4 is 15.6 Å². The second kappa shape index (κ2) is 7.69. The van der Waals surface area contributed by atoms with Crippen LogP contribution in [0.5, 0.6) is 5.75 Å². The molecule has 2 aromatic carbocycles. The summed E-state index contributed by atoms with van der Waals surface area (Å²) in [5.74, 6) is -3.12. The molecule has 0 aliphatic carbocycles. The molecule has 2 N–H and O–H groups in total. The van der Waals surface area contributed by atoms with Gasteiger partial charge < -0.3 is 4.74 Å². The number of benzene rings is 2. The van der Waals surface area contributed by atoms with E-state index in [9.17, 15) is 18.4 Å². The lowest BCUT2D eigenvalue weighted by molar-refractivity contribution is -0.123. The smallest absolute Gasteiger partial charge is 0.276 e. The van der Waals surface area contributed by atoms with Crippen LogP contribution in [-0.4, -0.2) is 18.4 Å². The Kier molecular flexibility index (Phi) is 5.41. The largest absolute Gasteiger partial charge is 0.484 e. The molecule has 8 heteroatoms. The van der Waals surface area contributed by atoms with Crippen molar-refractivity contribution >= 4 is 11.8 Å². The fraction of sp³-hybridized carbons (Fsp3) is 0.0625. The molecule has 0 fully saturated rings. The number of hydrogen-bond acceptors (Lipinski definition) is 4. The lowest BCUT2D eigenvalue weighted by Gasteiger charge is -2.09. The summed E-state index contributed by atoms with van der Waals surface area (Å²) in [6, 6.07) is 10.4. The van der Waals surface area contributed by atoms with Gasteiger partial charge >= 0.3 is 0 Å². The van der Waals surface area contributed by atoms with Gasteiger partial charge in [-0.05, 0) is 36.4 Å². The first-order chi connectivity index (χ1) is 11.5. The van der Waals surface area contributed by atoms with Gasteiger partial charge in [-0.1, -0.05) is 0 Å². The molecule has 0 spiro atoms. The van der Waals surface area contributed by atoms with Crippen LogP contribution in [0, 0.1) is 23.0 Å². The van der Waals surface area contributed by atoms with E-state index in [4.69, 9.17) is 10.00 Å². The number of amides is 2. The third-order valence-electron chi connectivity index (χ3n) is 2.84. The van der Waals surface area contributed by atoms with E-state index >= 15 is 0 Å². The first-order valence-corrected chi connectivity index (χ1v) is 6.67. The van der Waals surface area contributed by atoms with Gasteiger partial charge in [0.25, 0.3) is 11.8 Å².